The quantitative estimate of drug-likeness (QED) is 0.556. The molecule has 1 rings (SSSR count). The van der Waals surface area contributed by atoms with E-state index in [-0.39, 0.29) is 0 Å². The van der Waals surface area contributed by atoms with Gasteiger partial charge in [-0.3, -0.25) is 0 Å². The molecule has 0 aliphatic heterocycles. The Morgan fingerprint density at radius 1 is 1.56 bits per heavy atom. The molecule has 0 amide bonds. The van der Waals surface area contributed by atoms with Crippen LogP contribution in [-0.4, -0.2) is 17.3 Å². The Morgan fingerprint density at radius 3 is 2.94 bits per heavy atom. The first-order valence-electron chi connectivity index (χ1n) is 6.20. The molecule has 1 atom stereocenters. The number of hydrogen-bond donors (Lipinski definition) is 1. The Morgan fingerprint density at radius 2 is 2.31 bits per heavy atom. The molecule has 0 aromatic carbocycles. The van der Waals surface area contributed by atoms with Gasteiger partial charge in [0.05, 0.1) is 12.1 Å². The molecular formula is C13H23NO2. The van der Waals surface area contributed by atoms with E-state index in [1.165, 1.54) is 5.57 Å². The van der Waals surface area contributed by atoms with Crippen LogP contribution in [0.5, 0.6) is 0 Å². The Labute approximate surface area is 97.9 Å². The number of aliphatic hydroxyl groups is 1. The van der Waals surface area contributed by atoms with Gasteiger partial charge in [0.15, 0.2) is 0 Å². The predicted octanol–water partition coefficient (Wildman–Crippen LogP) is 3.42. The lowest BCUT2D eigenvalue weighted by Crippen LogP contribution is -2.18. The summed E-state index contributed by atoms with van der Waals surface area (Å²) in [6.45, 7) is 4.16. The van der Waals surface area contributed by atoms with Crippen molar-refractivity contribution in [3.05, 3.63) is 16.6 Å². The molecule has 0 bridgehead atoms. The average Bonchev–Trinajstić information content (AvgIpc) is 2.17. The van der Waals surface area contributed by atoms with E-state index in [0.717, 1.165) is 38.5 Å². The van der Waals surface area contributed by atoms with Crippen molar-refractivity contribution in [2.75, 3.05) is 6.54 Å². The third-order valence-corrected chi connectivity index (χ3v) is 3.18. The second-order valence-electron chi connectivity index (χ2n) is 5.49. The highest BCUT2D eigenvalue weighted by Crippen LogP contribution is 2.28. The van der Waals surface area contributed by atoms with Gasteiger partial charge in [-0.15, -0.1) is 0 Å². The van der Waals surface area contributed by atoms with Crippen LogP contribution in [-0.2, 0) is 0 Å². The first-order chi connectivity index (χ1) is 7.51. The summed E-state index contributed by atoms with van der Waals surface area (Å²) in [7, 11) is 0. The fourth-order valence-corrected chi connectivity index (χ4v) is 2.29. The molecule has 0 saturated heterocycles. The summed E-state index contributed by atoms with van der Waals surface area (Å²) >= 11 is 0. The highest BCUT2D eigenvalue weighted by molar-refractivity contribution is 5.07. The predicted molar refractivity (Wildman–Crippen MR) is 66.2 cm³/mol. The lowest BCUT2D eigenvalue weighted by atomic mass is 9.86. The van der Waals surface area contributed by atoms with Gasteiger partial charge in [0.25, 0.3) is 0 Å². The van der Waals surface area contributed by atoms with Crippen LogP contribution < -0.4 is 0 Å². The monoisotopic (exact) mass is 225 g/mol. The number of allylic oxidation sites excluding steroid dienone is 2. The molecule has 92 valence electrons. The van der Waals surface area contributed by atoms with Crippen molar-refractivity contribution in [2.45, 2.75) is 58.0 Å². The number of hydrogen-bond acceptors (Lipinski definition) is 3. The molecule has 1 N–H and O–H groups in total. The summed E-state index contributed by atoms with van der Waals surface area (Å²) in [6, 6.07) is 0. The van der Waals surface area contributed by atoms with E-state index in [1.54, 1.807) is 0 Å². The number of rotatable bonds is 6. The molecule has 0 spiro atoms. The third kappa shape index (κ3) is 5.40. The van der Waals surface area contributed by atoms with E-state index in [9.17, 15) is 10.0 Å². The minimum Gasteiger partial charge on any atom is -0.390 e. The standard InChI is InChI=1S/C13H23NO2/c1-13(2,15)8-4-7-11-5-3-6-12(9-11)10-14-16/h5,12,15H,3-4,6-10H2,1-2H3. The van der Waals surface area contributed by atoms with Gasteiger partial charge in [0.1, 0.15) is 0 Å². The summed E-state index contributed by atoms with van der Waals surface area (Å²) in [6.07, 6.45) is 8.42. The van der Waals surface area contributed by atoms with Gasteiger partial charge in [-0.1, -0.05) is 16.8 Å². The zero-order valence-corrected chi connectivity index (χ0v) is 10.4. The molecular weight excluding hydrogens is 202 g/mol. The molecule has 1 aliphatic carbocycles. The van der Waals surface area contributed by atoms with E-state index in [0.29, 0.717) is 12.5 Å². The van der Waals surface area contributed by atoms with Crippen molar-refractivity contribution in [3.8, 4) is 0 Å². The van der Waals surface area contributed by atoms with Crippen LogP contribution in [0.3, 0.4) is 0 Å². The summed E-state index contributed by atoms with van der Waals surface area (Å²) in [5.41, 5.74) is 0.892. The Bertz CT molecular complexity index is 253. The molecule has 0 saturated carbocycles. The van der Waals surface area contributed by atoms with E-state index < -0.39 is 5.60 Å². The summed E-state index contributed by atoms with van der Waals surface area (Å²) < 4.78 is 0. The van der Waals surface area contributed by atoms with E-state index in [1.807, 2.05) is 13.8 Å². The molecule has 0 aromatic heterocycles. The summed E-state index contributed by atoms with van der Waals surface area (Å²) in [4.78, 5) is 10.2. The van der Waals surface area contributed by atoms with Crippen molar-refractivity contribution in [2.24, 2.45) is 11.1 Å². The van der Waals surface area contributed by atoms with Crippen molar-refractivity contribution >= 4 is 0 Å². The molecule has 3 nitrogen and oxygen atoms in total. The molecule has 3 heteroatoms. The van der Waals surface area contributed by atoms with Gasteiger partial charge in [-0.2, -0.15) is 4.91 Å². The van der Waals surface area contributed by atoms with Crippen molar-refractivity contribution in [1.82, 2.24) is 0 Å². The van der Waals surface area contributed by atoms with Crippen molar-refractivity contribution in [3.63, 3.8) is 0 Å². The van der Waals surface area contributed by atoms with Gasteiger partial charge in [0, 0.05) is 0 Å². The first kappa shape index (κ1) is 13.4. The maximum absolute atomic E-state index is 10.2. The smallest absolute Gasteiger partial charge is 0.0842 e. The van der Waals surface area contributed by atoms with Crippen LogP contribution in [0.4, 0.5) is 0 Å². The van der Waals surface area contributed by atoms with Gasteiger partial charge < -0.3 is 5.11 Å². The van der Waals surface area contributed by atoms with E-state index in [4.69, 9.17) is 0 Å². The van der Waals surface area contributed by atoms with Gasteiger partial charge in [0.2, 0.25) is 0 Å². The maximum Gasteiger partial charge on any atom is 0.0842 e. The second kappa shape index (κ2) is 6.14. The van der Waals surface area contributed by atoms with Crippen LogP contribution in [0.1, 0.15) is 52.4 Å². The fourth-order valence-electron chi connectivity index (χ4n) is 2.29. The minimum absolute atomic E-state index is 0.458. The molecule has 0 aromatic rings. The number of nitroso groups, excluding NO2 is 1. The highest BCUT2D eigenvalue weighted by atomic mass is 16.3. The zero-order chi connectivity index (χ0) is 12.0. The van der Waals surface area contributed by atoms with Crippen LogP contribution >= 0.6 is 0 Å². The third-order valence-electron chi connectivity index (χ3n) is 3.18. The lowest BCUT2D eigenvalue weighted by molar-refractivity contribution is 0.0688. The van der Waals surface area contributed by atoms with Crippen molar-refractivity contribution in [1.29, 1.82) is 0 Å². The molecule has 16 heavy (non-hydrogen) atoms. The summed E-state index contributed by atoms with van der Waals surface area (Å²) in [5.74, 6) is 0.458. The minimum atomic E-state index is -0.557. The van der Waals surface area contributed by atoms with Crippen LogP contribution in [0.25, 0.3) is 0 Å². The van der Waals surface area contributed by atoms with Crippen LogP contribution in [0, 0.1) is 10.8 Å². The maximum atomic E-state index is 10.2. The number of nitrogens with zero attached hydrogens (tertiary/aromatic N) is 1. The first-order valence-corrected chi connectivity index (χ1v) is 6.20. The summed E-state index contributed by atoms with van der Waals surface area (Å²) in [5, 5.41) is 12.6. The van der Waals surface area contributed by atoms with Crippen LogP contribution in [0.2, 0.25) is 0 Å². The Kier molecular flexibility index (Phi) is 5.13. The van der Waals surface area contributed by atoms with Gasteiger partial charge in [-0.05, 0) is 58.3 Å². The largest absolute Gasteiger partial charge is 0.390 e. The SMILES string of the molecule is CC(C)(O)CCCC1=CCCC(CN=O)C1. The van der Waals surface area contributed by atoms with Gasteiger partial charge >= 0.3 is 0 Å². The molecule has 0 radical (unpaired) electrons. The Hall–Kier alpha value is -0.700. The van der Waals surface area contributed by atoms with E-state index in [2.05, 4.69) is 11.3 Å². The zero-order valence-electron chi connectivity index (χ0n) is 10.4. The van der Waals surface area contributed by atoms with E-state index >= 15 is 0 Å². The fraction of sp³-hybridized carbons (Fsp3) is 0.846. The molecule has 1 aliphatic rings. The van der Waals surface area contributed by atoms with Crippen LogP contribution in [0.15, 0.2) is 16.8 Å². The molecule has 0 heterocycles. The average molecular weight is 225 g/mol. The topological polar surface area (TPSA) is 49.7 Å². The highest BCUT2D eigenvalue weighted by Gasteiger charge is 2.17. The Balaban J connectivity index is 2.27. The molecule has 1 unspecified atom stereocenters. The van der Waals surface area contributed by atoms with Crippen molar-refractivity contribution < 1.29 is 5.11 Å². The molecule has 0 fully saturated rings. The lowest BCUT2D eigenvalue weighted by Gasteiger charge is -2.22. The second-order valence-corrected chi connectivity index (χ2v) is 5.49. The normalized spacial score (nSPS) is 21.7. The van der Waals surface area contributed by atoms with Gasteiger partial charge in [-0.25, -0.2) is 0 Å².